The summed E-state index contributed by atoms with van der Waals surface area (Å²) in [7, 11) is 0. The van der Waals surface area contributed by atoms with Crippen molar-refractivity contribution in [2.75, 3.05) is 19.6 Å². The number of amides is 3. The van der Waals surface area contributed by atoms with Crippen LogP contribution in [0.3, 0.4) is 0 Å². The second-order valence-electron chi connectivity index (χ2n) is 6.83. The van der Waals surface area contributed by atoms with Crippen LogP contribution in [-0.2, 0) is 9.59 Å². The number of carbonyl (C=O) groups excluding carboxylic acids is 2. The first-order valence-electron chi connectivity index (χ1n) is 9.11. The molecule has 3 N–H and O–H groups in total. The van der Waals surface area contributed by atoms with E-state index in [4.69, 9.17) is 5.11 Å². The smallest absolute Gasteiger partial charge is 0.315 e. The third kappa shape index (κ3) is 6.02. The van der Waals surface area contributed by atoms with Crippen LogP contribution in [-0.4, -0.2) is 53.6 Å². The van der Waals surface area contributed by atoms with E-state index in [0.717, 1.165) is 25.9 Å². The van der Waals surface area contributed by atoms with E-state index in [9.17, 15) is 14.4 Å². The topological polar surface area (TPSA) is 98.7 Å². The van der Waals surface area contributed by atoms with E-state index < -0.39 is 5.97 Å². The molecular weight excluding hydrogens is 310 g/mol. The first kappa shape index (κ1) is 18.5. The first-order chi connectivity index (χ1) is 11.6. The van der Waals surface area contributed by atoms with Gasteiger partial charge in [0.1, 0.15) is 0 Å². The Balaban J connectivity index is 1.59. The highest BCUT2D eigenvalue weighted by Gasteiger charge is 2.26. The lowest BCUT2D eigenvalue weighted by Crippen LogP contribution is -2.45. The van der Waals surface area contributed by atoms with E-state index in [0.29, 0.717) is 38.6 Å². The Bertz CT molecular complexity index is 439. The minimum absolute atomic E-state index is 0.0295. The Morgan fingerprint density at radius 2 is 1.58 bits per heavy atom. The van der Waals surface area contributed by atoms with Gasteiger partial charge in [0.25, 0.3) is 0 Å². The molecule has 1 saturated heterocycles. The lowest BCUT2D eigenvalue weighted by molar-refractivity contribution is -0.142. The maximum absolute atomic E-state index is 12.1. The van der Waals surface area contributed by atoms with Crippen LogP contribution in [0.15, 0.2) is 0 Å². The van der Waals surface area contributed by atoms with E-state index in [1.165, 1.54) is 12.8 Å². The number of carboxylic acids is 1. The van der Waals surface area contributed by atoms with Gasteiger partial charge in [0, 0.05) is 32.1 Å². The molecule has 0 atom stereocenters. The van der Waals surface area contributed by atoms with E-state index in [-0.39, 0.29) is 23.9 Å². The molecule has 0 bridgehead atoms. The van der Waals surface area contributed by atoms with Gasteiger partial charge in [-0.25, -0.2) is 4.79 Å². The summed E-state index contributed by atoms with van der Waals surface area (Å²) in [4.78, 5) is 36.8. The maximum atomic E-state index is 12.1. The van der Waals surface area contributed by atoms with Crippen LogP contribution >= 0.6 is 0 Å². The van der Waals surface area contributed by atoms with Gasteiger partial charge in [-0.3, -0.25) is 9.59 Å². The molecular formula is C17H29N3O4. The average Bonchev–Trinajstić information content (AvgIpc) is 2.84. The van der Waals surface area contributed by atoms with Gasteiger partial charge in [-0.15, -0.1) is 0 Å². The van der Waals surface area contributed by atoms with Crippen LogP contribution < -0.4 is 10.6 Å². The van der Waals surface area contributed by atoms with Crippen molar-refractivity contribution >= 4 is 17.9 Å². The van der Waals surface area contributed by atoms with Crippen LogP contribution in [0, 0.1) is 5.92 Å². The highest BCUT2D eigenvalue weighted by atomic mass is 16.4. The minimum Gasteiger partial charge on any atom is -0.481 e. The molecule has 0 aromatic rings. The molecule has 2 aliphatic rings. The Kier molecular flexibility index (Phi) is 7.34. The molecule has 136 valence electrons. The molecule has 0 unspecified atom stereocenters. The number of hydrogen-bond donors (Lipinski definition) is 3. The van der Waals surface area contributed by atoms with Gasteiger partial charge in [0.15, 0.2) is 0 Å². The van der Waals surface area contributed by atoms with Crippen molar-refractivity contribution in [3.05, 3.63) is 0 Å². The van der Waals surface area contributed by atoms with Crippen LogP contribution in [0.4, 0.5) is 4.79 Å². The number of likely N-dealkylation sites (tertiary alicyclic amines) is 1. The number of aliphatic carboxylic acids is 1. The summed E-state index contributed by atoms with van der Waals surface area (Å²) < 4.78 is 0. The average molecular weight is 339 g/mol. The lowest BCUT2D eigenvalue weighted by Gasteiger charge is -2.27. The molecule has 1 saturated carbocycles. The Hall–Kier alpha value is -1.79. The molecule has 3 amide bonds. The lowest BCUT2D eigenvalue weighted by atomic mass is 9.86. The van der Waals surface area contributed by atoms with Crippen LogP contribution in [0.1, 0.15) is 57.8 Å². The van der Waals surface area contributed by atoms with Gasteiger partial charge in [-0.05, 0) is 38.5 Å². The number of rotatable bonds is 5. The second-order valence-corrected chi connectivity index (χ2v) is 6.83. The fraction of sp³-hybridized carbons (Fsp3) is 0.824. The number of carboxylic acid groups (broad SMARTS) is 1. The van der Waals surface area contributed by atoms with Gasteiger partial charge < -0.3 is 20.6 Å². The summed E-state index contributed by atoms with van der Waals surface area (Å²) in [6.07, 6.45) is 7.44. The highest BCUT2D eigenvalue weighted by Crippen LogP contribution is 2.24. The fourth-order valence-electron chi connectivity index (χ4n) is 3.48. The molecule has 2 rings (SSSR count). The quantitative estimate of drug-likeness (QED) is 0.710. The predicted octanol–water partition coefficient (Wildman–Crippen LogP) is 1.72. The minimum atomic E-state index is -0.745. The summed E-state index contributed by atoms with van der Waals surface area (Å²) >= 11 is 0. The summed E-state index contributed by atoms with van der Waals surface area (Å²) in [6, 6.07) is -0.237. The normalized spacial score (nSPS) is 24.8. The van der Waals surface area contributed by atoms with Crippen molar-refractivity contribution in [2.24, 2.45) is 5.92 Å². The summed E-state index contributed by atoms with van der Waals surface area (Å²) in [5, 5.41) is 14.6. The molecule has 0 aromatic carbocycles. The third-order valence-electron chi connectivity index (χ3n) is 4.99. The molecule has 1 aliphatic heterocycles. The van der Waals surface area contributed by atoms with Crippen molar-refractivity contribution in [3.63, 3.8) is 0 Å². The third-order valence-corrected chi connectivity index (χ3v) is 4.99. The molecule has 0 aromatic heterocycles. The molecule has 7 nitrogen and oxygen atoms in total. The maximum Gasteiger partial charge on any atom is 0.315 e. The van der Waals surface area contributed by atoms with E-state index in [2.05, 4.69) is 10.6 Å². The molecule has 0 radical (unpaired) electrons. The number of urea groups is 1. The van der Waals surface area contributed by atoms with Crippen molar-refractivity contribution < 1.29 is 19.5 Å². The largest absolute Gasteiger partial charge is 0.481 e. The van der Waals surface area contributed by atoms with Gasteiger partial charge in [0.05, 0.1) is 5.92 Å². The zero-order valence-corrected chi connectivity index (χ0v) is 14.3. The Morgan fingerprint density at radius 1 is 0.958 bits per heavy atom. The SMILES string of the molecule is O=C(NCCC(=O)N1CCCCCC1)NC1CCC(C(=O)O)CC1. The summed E-state index contributed by atoms with van der Waals surface area (Å²) in [5.41, 5.74) is 0. The number of carbonyl (C=O) groups is 3. The van der Waals surface area contributed by atoms with E-state index in [1.54, 1.807) is 0 Å². The van der Waals surface area contributed by atoms with E-state index in [1.807, 2.05) is 4.90 Å². The molecule has 7 heteroatoms. The van der Waals surface area contributed by atoms with Gasteiger partial charge in [-0.1, -0.05) is 12.8 Å². The number of nitrogens with zero attached hydrogens (tertiary/aromatic N) is 1. The van der Waals surface area contributed by atoms with Crippen molar-refractivity contribution in [3.8, 4) is 0 Å². The number of hydrogen-bond acceptors (Lipinski definition) is 3. The first-order valence-corrected chi connectivity index (χ1v) is 9.11. The fourth-order valence-corrected chi connectivity index (χ4v) is 3.48. The molecule has 24 heavy (non-hydrogen) atoms. The zero-order valence-electron chi connectivity index (χ0n) is 14.3. The predicted molar refractivity (Wildman–Crippen MR) is 89.6 cm³/mol. The van der Waals surface area contributed by atoms with Crippen molar-refractivity contribution in [1.29, 1.82) is 0 Å². The molecule has 0 spiro atoms. The zero-order chi connectivity index (χ0) is 17.4. The van der Waals surface area contributed by atoms with Crippen LogP contribution in [0.25, 0.3) is 0 Å². The number of nitrogens with one attached hydrogen (secondary N) is 2. The molecule has 2 fully saturated rings. The van der Waals surface area contributed by atoms with Crippen molar-refractivity contribution in [2.45, 2.75) is 63.8 Å². The van der Waals surface area contributed by atoms with Crippen LogP contribution in [0.2, 0.25) is 0 Å². The standard InChI is InChI=1S/C17H29N3O4/c21-15(20-11-3-1-2-4-12-20)9-10-18-17(24)19-14-7-5-13(6-8-14)16(22)23/h13-14H,1-12H2,(H,22,23)(H2,18,19,24). The van der Waals surface area contributed by atoms with E-state index >= 15 is 0 Å². The Morgan fingerprint density at radius 3 is 2.17 bits per heavy atom. The summed E-state index contributed by atoms with van der Waals surface area (Å²) in [5.74, 6) is -0.915. The van der Waals surface area contributed by atoms with Gasteiger partial charge >= 0.3 is 12.0 Å². The van der Waals surface area contributed by atoms with Gasteiger partial charge in [0.2, 0.25) is 5.91 Å². The highest BCUT2D eigenvalue weighted by molar-refractivity contribution is 5.78. The summed E-state index contributed by atoms with van der Waals surface area (Å²) in [6.45, 7) is 2.00. The molecule has 1 aliphatic carbocycles. The monoisotopic (exact) mass is 339 g/mol. The Labute approximate surface area is 143 Å². The second kappa shape index (κ2) is 9.49. The van der Waals surface area contributed by atoms with Crippen LogP contribution in [0.5, 0.6) is 0 Å². The van der Waals surface area contributed by atoms with Gasteiger partial charge in [-0.2, -0.15) is 0 Å². The van der Waals surface area contributed by atoms with Crippen molar-refractivity contribution in [1.82, 2.24) is 15.5 Å². The molecule has 1 heterocycles.